The molecule has 0 atom stereocenters. The summed E-state index contributed by atoms with van der Waals surface area (Å²) in [6.07, 6.45) is 55.7. The Kier molecular flexibility index (Phi) is 48.1. The summed E-state index contributed by atoms with van der Waals surface area (Å²) in [5.74, 6) is 0.539. The fraction of sp³-hybridized carbons (Fsp3) is 0.900. The molecular weight excluding hydrogens is 833 g/mol. The first-order chi connectivity index (χ1) is 32.3. The van der Waals surface area contributed by atoms with E-state index in [1.165, 1.54) is 229 Å². The van der Waals surface area contributed by atoms with Crippen LogP contribution in [0.25, 0.3) is 0 Å². The summed E-state index contributed by atoms with van der Waals surface area (Å²) in [6.45, 7) is 17.1. The molecule has 0 amide bonds. The zero-order valence-electron chi connectivity index (χ0n) is 45.7. The molecule has 1 aromatic carbocycles. The third kappa shape index (κ3) is 37.7. The molecule has 0 saturated carbocycles. The van der Waals surface area contributed by atoms with Gasteiger partial charge in [-0.2, -0.15) is 8.42 Å². The Morgan fingerprint density at radius 2 is 0.470 bits per heavy atom. The number of rotatable bonds is 49. The summed E-state index contributed by atoms with van der Waals surface area (Å²) in [6, 6.07) is 0. The van der Waals surface area contributed by atoms with E-state index in [1.807, 2.05) is 13.8 Å². The zero-order valence-corrected chi connectivity index (χ0v) is 46.5. The first-order valence-corrected chi connectivity index (χ1v) is 31.0. The van der Waals surface area contributed by atoms with Crippen LogP contribution >= 0.6 is 0 Å². The van der Waals surface area contributed by atoms with Crippen LogP contribution in [-0.4, -0.2) is 26.2 Å². The predicted molar refractivity (Wildman–Crippen MR) is 292 cm³/mol. The van der Waals surface area contributed by atoms with E-state index >= 15 is 0 Å². The van der Waals surface area contributed by atoms with Gasteiger partial charge in [0.1, 0.15) is 0 Å². The molecule has 0 heterocycles. The number of benzene rings is 1. The molecule has 0 aliphatic carbocycles. The van der Waals surface area contributed by atoms with Crippen LogP contribution in [0.4, 0.5) is 0 Å². The molecule has 1 rings (SSSR count). The van der Waals surface area contributed by atoms with E-state index in [4.69, 9.17) is 8.92 Å². The third-order valence-electron chi connectivity index (χ3n) is 14.0. The summed E-state index contributed by atoms with van der Waals surface area (Å²) in [5, 5.41) is 0. The highest BCUT2D eigenvalue weighted by Crippen LogP contribution is 2.40. The molecule has 0 aliphatic heterocycles. The molecule has 1 aromatic rings. The molecule has 6 heteroatoms. The first kappa shape index (κ1) is 64.9. The van der Waals surface area contributed by atoms with Gasteiger partial charge in [0.15, 0.2) is 5.75 Å². The molecule has 0 radical (unpaired) electrons. The van der Waals surface area contributed by atoms with Gasteiger partial charge >= 0.3 is 10.4 Å². The maximum absolute atomic E-state index is 12.9. The summed E-state index contributed by atoms with van der Waals surface area (Å²) >= 11 is 0. The largest absolute Gasteiger partial charge is 0.446 e. The molecule has 392 valence electrons. The maximum atomic E-state index is 12.9. The van der Waals surface area contributed by atoms with Crippen molar-refractivity contribution in [2.24, 2.45) is 0 Å². The van der Waals surface area contributed by atoms with E-state index in [2.05, 4.69) is 34.6 Å². The van der Waals surface area contributed by atoms with E-state index in [0.29, 0.717) is 5.75 Å². The molecule has 66 heavy (non-hydrogen) atoms. The fourth-order valence-electron chi connectivity index (χ4n) is 10.0. The average molecular weight is 950 g/mol. The Morgan fingerprint density at radius 1 is 0.288 bits per heavy atom. The summed E-state index contributed by atoms with van der Waals surface area (Å²) < 4.78 is 47.1. The minimum absolute atomic E-state index is 0.539. The van der Waals surface area contributed by atoms with Gasteiger partial charge in [-0.15, -0.1) is 0 Å². The van der Waals surface area contributed by atoms with Crippen molar-refractivity contribution in [1.82, 2.24) is 0 Å². The number of hydrogen-bond acceptors (Lipinski definition) is 4. The minimum Gasteiger partial charge on any atom is -0.382 e. The van der Waals surface area contributed by atoms with Gasteiger partial charge in [0.2, 0.25) is 0 Å². The number of ether oxygens (including phenoxy) is 1. The van der Waals surface area contributed by atoms with E-state index in [0.717, 1.165) is 95.0 Å². The maximum Gasteiger partial charge on any atom is 0.446 e. The Morgan fingerprint density at radius 3 is 0.652 bits per heavy atom. The molecule has 0 fully saturated rings. The van der Waals surface area contributed by atoms with Crippen molar-refractivity contribution in [2.75, 3.05) is 13.2 Å². The molecule has 1 N–H and O–H groups in total. The van der Waals surface area contributed by atoms with Crippen molar-refractivity contribution in [3.8, 4) is 5.75 Å². The van der Waals surface area contributed by atoms with Crippen molar-refractivity contribution < 1.29 is 21.9 Å². The van der Waals surface area contributed by atoms with Crippen LogP contribution in [0, 0.1) is 0 Å². The second kappa shape index (κ2) is 48.9. The highest BCUT2D eigenvalue weighted by molar-refractivity contribution is 7.81. The van der Waals surface area contributed by atoms with Crippen LogP contribution < -0.4 is 4.18 Å². The topological polar surface area (TPSA) is 72.8 Å². The van der Waals surface area contributed by atoms with Crippen molar-refractivity contribution in [3.63, 3.8) is 0 Å². The summed E-state index contributed by atoms with van der Waals surface area (Å²) in [4.78, 5) is 0. The SMILES string of the molecule is CCCCCCCCCCc1c(CCCCCCCCCC)c(CCCCCCCCCC)c(OS(=O)(=O)O)c(CCCCCCCCCC)c1CCCCCCCCCC.CCOCC. The Bertz CT molecular complexity index is 1210. The van der Waals surface area contributed by atoms with Crippen LogP contribution in [0.1, 0.15) is 333 Å². The molecule has 0 saturated heterocycles. The van der Waals surface area contributed by atoms with Gasteiger partial charge < -0.3 is 8.92 Å². The molecular formula is C60H116O5S. The van der Waals surface area contributed by atoms with E-state index in [1.54, 1.807) is 5.56 Å². The van der Waals surface area contributed by atoms with Crippen molar-refractivity contribution in [2.45, 2.75) is 337 Å². The van der Waals surface area contributed by atoms with Crippen molar-refractivity contribution >= 4 is 10.4 Å². The van der Waals surface area contributed by atoms with E-state index in [-0.39, 0.29) is 0 Å². The lowest BCUT2D eigenvalue weighted by atomic mass is 9.80. The van der Waals surface area contributed by atoms with Crippen LogP contribution in [0.5, 0.6) is 5.75 Å². The molecule has 0 unspecified atom stereocenters. The highest BCUT2D eigenvalue weighted by atomic mass is 32.3. The lowest BCUT2D eigenvalue weighted by Gasteiger charge is -2.27. The van der Waals surface area contributed by atoms with Gasteiger partial charge in [-0.1, -0.05) is 259 Å². The second-order valence-electron chi connectivity index (χ2n) is 20.1. The summed E-state index contributed by atoms with van der Waals surface area (Å²) in [5.41, 5.74) is 6.64. The minimum atomic E-state index is -4.68. The van der Waals surface area contributed by atoms with Gasteiger partial charge in [0, 0.05) is 13.2 Å². The Hall–Kier alpha value is -1.11. The monoisotopic (exact) mass is 949 g/mol. The van der Waals surface area contributed by atoms with Gasteiger partial charge in [-0.3, -0.25) is 4.55 Å². The smallest absolute Gasteiger partial charge is 0.382 e. The van der Waals surface area contributed by atoms with Crippen LogP contribution in [-0.2, 0) is 47.2 Å². The number of hydrogen-bond donors (Lipinski definition) is 1. The van der Waals surface area contributed by atoms with Crippen molar-refractivity contribution in [1.29, 1.82) is 0 Å². The quantitative estimate of drug-likeness (QED) is 0.0520. The van der Waals surface area contributed by atoms with Gasteiger partial charge in [0.05, 0.1) is 0 Å². The van der Waals surface area contributed by atoms with Gasteiger partial charge in [-0.05, 0) is 106 Å². The Balaban J connectivity index is 0.00000797. The van der Waals surface area contributed by atoms with Gasteiger partial charge in [0.25, 0.3) is 0 Å². The standard InChI is InChI=1S/C56H106O4S.C4H10O/c1-6-11-16-21-26-31-36-41-46-51-52(47-42-37-32-27-22-17-12-7-2)54(49-44-39-34-29-24-19-14-9-4)56(60-61(57,58)59)55(50-45-40-35-30-25-20-15-10-5)53(51)48-43-38-33-28-23-18-13-8-3;1-3-5-4-2/h6-50H2,1-5H3,(H,57,58,59);3-4H2,1-2H3. The lowest BCUT2D eigenvalue weighted by Crippen LogP contribution is -2.17. The van der Waals surface area contributed by atoms with Crippen LogP contribution in [0.3, 0.4) is 0 Å². The predicted octanol–water partition coefficient (Wildman–Crippen LogP) is 20.3. The van der Waals surface area contributed by atoms with E-state index < -0.39 is 10.4 Å². The van der Waals surface area contributed by atoms with Crippen LogP contribution in [0.2, 0.25) is 0 Å². The average Bonchev–Trinajstić information content (AvgIpc) is 3.30. The normalized spacial score (nSPS) is 11.6. The van der Waals surface area contributed by atoms with E-state index in [9.17, 15) is 13.0 Å². The summed E-state index contributed by atoms with van der Waals surface area (Å²) in [7, 11) is -4.68. The zero-order chi connectivity index (χ0) is 48.6. The number of unbranched alkanes of at least 4 members (excludes halogenated alkanes) is 35. The lowest BCUT2D eigenvalue weighted by molar-refractivity contribution is 0.162. The Labute approximate surface area is 414 Å². The molecule has 0 spiro atoms. The highest BCUT2D eigenvalue weighted by Gasteiger charge is 2.27. The van der Waals surface area contributed by atoms with Crippen molar-refractivity contribution in [3.05, 3.63) is 27.8 Å². The molecule has 0 bridgehead atoms. The second-order valence-corrected chi connectivity index (χ2v) is 21.2. The third-order valence-corrected chi connectivity index (χ3v) is 14.4. The molecule has 5 nitrogen and oxygen atoms in total. The van der Waals surface area contributed by atoms with Gasteiger partial charge in [-0.25, -0.2) is 0 Å². The molecule has 0 aromatic heterocycles. The fourth-order valence-corrected chi connectivity index (χ4v) is 10.4. The van der Waals surface area contributed by atoms with Crippen LogP contribution in [0.15, 0.2) is 0 Å². The first-order valence-electron chi connectivity index (χ1n) is 29.7. The molecule has 0 aliphatic rings.